The molecule has 94 valence electrons. The van der Waals surface area contributed by atoms with Crippen molar-refractivity contribution >= 4 is 5.91 Å². The Morgan fingerprint density at radius 3 is 2.71 bits per heavy atom. The second-order valence-electron chi connectivity index (χ2n) is 3.98. The summed E-state index contributed by atoms with van der Waals surface area (Å²) in [4.78, 5) is 13.7. The molecular formula is C13H18FNO2. The molecule has 0 aromatic heterocycles. The maximum Gasteiger partial charge on any atom is 0.254 e. The second-order valence-corrected chi connectivity index (χ2v) is 3.98. The number of amides is 1. The molecule has 0 heterocycles. The van der Waals surface area contributed by atoms with E-state index in [9.17, 15) is 9.18 Å². The van der Waals surface area contributed by atoms with Gasteiger partial charge in [-0.3, -0.25) is 4.79 Å². The van der Waals surface area contributed by atoms with Gasteiger partial charge >= 0.3 is 0 Å². The lowest BCUT2D eigenvalue weighted by atomic mass is 10.1. The molecule has 0 saturated heterocycles. The third kappa shape index (κ3) is 3.53. The Kier molecular flexibility index (Phi) is 5.10. The first-order chi connectivity index (χ1) is 8.10. The number of aliphatic hydroxyl groups is 1. The fourth-order valence-corrected chi connectivity index (χ4v) is 1.70. The highest BCUT2D eigenvalue weighted by Gasteiger charge is 2.16. The van der Waals surface area contributed by atoms with Crippen molar-refractivity contribution in [2.75, 3.05) is 19.7 Å². The number of carbonyl (C=O) groups is 1. The van der Waals surface area contributed by atoms with Crippen molar-refractivity contribution in [3.05, 3.63) is 35.1 Å². The van der Waals surface area contributed by atoms with Crippen molar-refractivity contribution in [3.63, 3.8) is 0 Å². The summed E-state index contributed by atoms with van der Waals surface area (Å²) >= 11 is 0. The largest absolute Gasteiger partial charge is 0.395 e. The molecule has 1 aromatic rings. The maximum absolute atomic E-state index is 13.1. The molecule has 1 amide bonds. The van der Waals surface area contributed by atoms with E-state index in [0.29, 0.717) is 12.1 Å². The van der Waals surface area contributed by atoms with Crippen LogP contribution < -0.4 is 0 Å². The number of benzene rings is 1. The van der Waals surface area contributed by atoms with Gasteiger partial charge in [0.25, 0.3) is 5.91 Å². The van der Waals surface area contributed by atoms with Crippen molar-refractivity contribution in [1.82, 2.24) is 4.90 Å². The highest BCUT2D eigenvalue weighted by atomic mass is 19.1. The molecular weight excluding hydrogens is 221 g/mol. The number of hydrogen-bond donors (Lipinski definition) is 1. The van der Waals surface area contributed by atoms with Crippen LogP contribution in [-0.2, 0) is 0 Å². The summed E-state index contributed by atoms with van der Waals surface area (Å²) in [5, 5.41) is 8.92. The number of nitrogens with zero attached hydrogens (tertiary/aromatic N) is 1. The van der Waals surface area contributed by atoms with Crippen LogP contribution in [0.1, 0.15) is 29.3 Å². The zero-order valence-electron chi connectivity index (χ0n) is 10.2. The molecule has 0 saturated carbocycles. The number of aliphatic hydroxyl groups excluding tert-OH is 1. The van der Waals surface area contributed by atoms with Crippen LogP contribution in [0, 0.1) is 12.7 Å². The summed E-state index contributed by atoms with van der Waals surface area (Å²) in [5.74, 6) is -0.641. The minimum atomic E-state index is -0.417. The van der Waals surface area contributed by atoms with Crippen LogP contribution in [0.3, 0.4) is 0 Å². The normalized spacial score (nSPS) is 10.4. The molecule has 0 unspecified atom stereocenters. The molecule has 3 nitrogen and oxygen atoms in total. The van der Waals surface area contributed by atoms with Crippen LogP contribution in [0.2, 0.25) is 0 Å². The molecule has 0 aliphatic carbocycles. The van der Waals surface area contributed by atoms with Crippen LogP contribution in [0.15, 0.2) is 18.2 Å². The molecule has 0 atom stereocenters. The van der Waals surface area contributed by atoms with Gasteiger partial charge in [0.1, 0.15) is 5.82 Å². The SMILES string of the molecule is CCCN(CCO)C(=O)c1cc(F)ccc1C. The minimum Gasteiger partial charge on any atom is -0.395 e. The lowest BCUT2D eigenvalue weighted by Gasteiger charge is -2.22. The van der Waals surface area contributed by atoms with Crippen LogP contribution >= 0.6 is 0 Å². The smallest absolute Gasteiger partial charge is 0.254 e. The number of carbonyl (C=O) groups excluding carboxylic acids is 1. The first kappa shape index (κ1) is 13.6. The van der Waals surface area contributed by atoms with Crippen molar-refractivity contribution in [3.8, 4) is 0 Å². The lowest BCUT2D eigenvalue weighted by Crippen LogP contribution is -2.34. The summed E-state index contributed by atoms with van der Waals surface area (Å²) < 4.78 is 13.1. The fraction of sp³-hybridized carbons (Fsp3) is 0.462. The third-order valence-electron chi connectivity index (χ3n) is 2.58. The van der Waals surface area contributed by atoms with Gasteiger partial charge in [-0.2, -0.15) is 0 Å². The van der Waals surface area contributed by atoms with E-state index in [0.717, 1.165) is 12.0 Å². The molecule has 0 aliphatic heterocycles. The van der Waals surface area contributed by atoms with E-state index in [1.54, 1.807) is 17.9 Å². The average Bonchev–Trinajstić information content (AvgIpc) is 2.31. The molecule has 1 rings (SSSR count). The fourth-order valence-electron chi connectivity index (χ4n) is 1.70. The minimum absolute atomic E-state index is 0.0832. The van der Waals surface area contributed by atoms with E-state index in [4.69, 9.17) is 5.11 Å². The Labute approximate surface area is 101 Å². The van der Waals surface area contributed by atoms with Gasteiger partial charge in [0.05, 0.1) is 6.61 Å². The number of rotatable bonds is 5. The zero-order chi connectivity index (χ0) is 12.8. The maximum atomic E-state index is 13.1. The first-order valence-electron chi connectivity index (χ1n) is 5.76. The molecule has 17 heavy (non-hydrogen) atoms. The Hall–Kier alpha value is -1.42. The standard InChI is InChI=1S/C13H18FNO2/c1-3-6-15(7-8-16)13(17)12-9-11(14)5-4-10(12)2/h4-5,9,16H,3,6-8H2,1-2H3. The molecule has 4 heteroatoms. The highest BCUT2D eigenvalue weighted by molar-refractivity contribution is 5.95. The first-order valence-corrected chi connectivity index (χ1v) is 5.76. The molecule has 0 bridgehead atoms. The molecule has 0 fully saturated rings. The van der Waals surface area contributed by atoms with E-state index in [-0.39, 0.29) is 19.1 Å². The van der Waals surface area contributed by atoms with Crippen molar-refractivity contribution in [1.29, 1.82) is 0 Å². The topological polar surface area (TPSA) is 40.5 Å². The Balaban J connectivity index is 2.95. The Bertz CT molecular complexity index is 387. The third-order valence-corrected chi connectivity index (χ3v) is 2.58. The van der Waals surface area contributed by atoms with Gasteiger partial charge in [0, 0.05) is 18.7 Å². The van der Waals surface area contributed by atoms with Gasteiger partial charge in [-0.1, -0.05) is 13.0 Å². The van der Waals surface area contributed by atoms with Crippen LogP contribution in [-0.4, -0.2) is 35.6 Å². The number of aryl methyl sites for hydroxylation is 1. The average molecular weight is 239 g/mol. The summed E-state index contributed by atoms with van der Waals surface area (Å²) in [5.41, 5.74) is 1.11. The Morgan fingerprint density at radius 2 is 2.12 bits per heavy atom. The molecule has 1 N–H and O–H groups in total. The summed E-state index contributed by atoms with van der Waals surface area (Å²) in [7, 11) is 0. The van der Waals surface area contributed by atoms with E-state index >= 15 is 0 Å². The molecule has 1 aromatic carbocycles. The van der Waals surface area contributed by atoms with Gasteiger partial charge in [0.2, 0.25) is 0 Å². The van der Waals surface area contributed by atoms with Gasteiger partial charge in [-0.25, -0.2) is 4.39 Å². The molecule has 0 spiro atoms. The highest BCUT2D eigenvalue weighted by Crippen LogP contribution is 2.13. The van der Waals surface area contributed by atoms with E-state index in [2.05, 4.69) is 0 Å². The Morgan fingerprint density at radius 1 is 1.41 bits per heavy atom. The predicted octanol–water partition coefficient (Wildman–Crippen LogP) is 1.98. The second kappa shape index (κ2) is 6.35. The number of hydrogen-bond acceptors (Lipinski definition) is 2. The summed E-state index contributed by atoms with van der Waals surface area (Å²) in [6.07, 6.45) is 0.806. The van der Waals surface area contributed by atoms with Crippen molar-refractivity contribution in [2.24, 2.45) is 0 Å². The van der Waals surface area contributed by atoms with E-state index in [1.165, 1.54) is 12.1 Å². The lowest BCUT2D eigenvalue weighted by molar-refractivity contribution is 0.0720. The summed E-state index contributed by atoms with van der Waals surface area (Å²) in [6, 6.07) is 4.17. The zero-order valence-corrected chi connectivity index (χ0v) is 10.2. The summed E-state index contributed by atoms with van der Waals surface area (Å²) in [6.45, 7) is 4.49. The molecule has 0 aliphatic rings. The van der Waals surface area contributed by atoms with E-state index < -0.39 is 5.82 Å². The quantitative estimate of drug-likeness (QED) is 0.853. The predicted molar refractivity (Wildman–Crippen MR) is 64.4 cm³/mol. The molecule has 0 radical (unpaired) electrons. The van der Waals surface area contributed by atoms with Crippen molar-refractivity contribution in [2.45, 2.75) is 20.3 Å². The van der Waals surface area contributed by atoms with Crippen LogP contribution in [0.5, 0.6) is 0 Å². The van der Waals surface area contributed by atoms with Gasteiger partial charge in [-0.05, 0) is 31.0 Å². The van der Waals surface area contributed by atoms with Gasteiger partial charge in [0.15, 0.2) is 0 Å². The van der Waals surface area contributed by atoms with Gasteiger partial charge < -0.3 is 10.0 Å². The van der Waals surface area contributed by atoms with Gasteiger partial charge in [-0.15, -0.1) is 0 Å². The number of halogens is 1. The van der Waals surface area contributed by atoms with Crippen LogP contribution in [0.4, 0.5) is 4.39 Å². The van der Waals surface area contributed by atoms with Crippen molar-refractivity contribution < 1.29 is 14.3 Å². The van der Waals surface area contributed by atoms with E-state index in [1.807, 2.05) is 6.92 Å². The van der Waals surface area contributed by atoms with Crippen LogP contribution in [0.25, 0.3) is 0 Å². The monoisotopic (exact) mass is 239 g/mol.